The summed E-state index contributed by atoms with van der Waals surface area (Å²) in [6.07, 6.45) is -3.20. The van der Waals surface area contributed by atoms with E-state index < -0.39 is 23.1 Å². The predicted octanol–water partition coefficient (Wildman–Crippen LogP) is 2.80. The van der Waals surface area contributed by atoms with Crippen LogP contribution in [0.25, 0.3) is 10.9 Å². The largest absolute Gasteiger partial charge is 0.416 e. The van der Waals surface area contributed by atoms with Gasteiger partial charge in [0.1, 0.15) is 5.56 Å². The zero-order valence-electron chi connectivity index (χ0n) is 14.1. The molecule has 5 nitrogen and oxygen atoms in total. The van der Waals surface area contributed by atoms with Crippen molar-refractivity contribution in [3.05, 3.63) is 45.7 Å². The van der Waals surface area contributed by atoms with Gasteiger partial charge >= 0.3 is 6.18 Å². The highest BCUT2D eigenvalue weighted by molar-refractivity contribution is 5.97. The average molecular weight is 356 g/mol. The van der Waals surface area contributed by atoms with E-state index in [1.165, 1.54) is 19.4 Å². The molecule has 0 spiro atoms. The van der Waals surface area contributed by atoms with E-state index >= 15 is 0 Å². The molecule has 1 aromatic heterocycles. The molecule has 0 unspecified atom stereocenters. The monoisotopic (exact) mass is 356 g/mol. The molecule has 0 aliphatic carbocycles. The molecule has 0 saturated carbocycles. The lowest BCUT2D eigenvalue weighted by atomic mass is 10.1. The number of ether oxygens (including phenoxy) is 1. The number of aryl methyl sites for hydroxylation is 1. The van der Waals surface area contributed by atoms with Gasteiger partial charge in [-0.15, -0.1) is 0 Å². The number of rotatable bonds is 5. The van der Waals surface area contributed by atoms with Crippen LogP contribution in [0.2, 0.25) is 0 Å². The summed E-state index contributed by atoms with van der Waals surface area (Å²) in [5, 5.41) is 2.46. The van der Waals surface area contributed by atoms with Gasteiger partial charge in [0.05, 0.1) is 17.7 Å². The number of aromatic nitrogens is 1. The summed E-state index contributed by atoms with van der Waals surface area (Å²) in [5.41, 5.74) is -1.50. The van der Waals surface area contributed by atoms with Crippen LogP contribution in [0.15, 0.2) is 29.2 Å². The highest BCUT2D eigenvalue weighted by Crippen LogP contribution is 2.30. The summed E-state index contributed by atoms with van der Waals surface area (Å²) in [7, 11) is 1.47. The van der Waals surface area contributed by atoms with Gasteiger partial charge in [-0.25, -0.2) is 0 Å². The van der Waals surface area contributed by atoms with Gasteiger partial charge < -0.3 is 14.6 Å². The van der Waals surface area contributed by atoms with Crippen molar-refractivity contribution in [2.45, 2.75) is 32.6 Å². The Bertz CT molecular complexity index is 843. The van der Waals surface area contributed by atoms with E-state index in [1.807, 2.05) is 0 Å². The number of benzene rings is 1. The summed E-state index contributed by atoms with van der Waals surface area (Å²) in [5.74, 6) is -0.643. The SMILES string of the molecule is CCn1cc(C(=O)N[C@@H](C)COC)c(=O)c2cc(C(F)(F)F)ccc21. The molecule has 25 heavy (non-hydrogen) atoms. The van der Waals surface area contributed by atoms with Gasteiger partial charge in [0.2, 0.25) is 5.43 Å². The normalized spacial score (nSPS) is 13.0. The van der Waals surface area contributed by atoms with Crippen LogP contribution in [0.5, 0.6) is 0 Å². The summed E-state index contributed by atoms with van der Waals surface area (Å²) in [6, 6.07) is 2.62. The maximum atomic E-state index is 12.9. The van der Waals surface area contributed by atoms with E-state index in [1.54, 1.807) is 18.4 Å². The number of carbonyl (C=O) groups excluding carboxylic acids is 1. The van der Waals surface area contributed by atoms with Crippen molar-refractivity contribution >= 4 is 16.8 Å². The van der Waals surface area contributed by atoms with Crippen molar-refractivity contribution in [2.24, 2.45) is 0 Å². The summed E-state index contributed by atoms with van der Waals surface area (Å²) in [4.78, 5) is 24.9. The van der Waals surface area contributed by atoms with Crippen LogP contribution in [-0.4, -0.2) is 30.2 Å². The highest BCUT2D eigenvalue weighted by Gasteiger charge is 2.31. The van der Waals surface area contributed by atoms with Gasteiger partial charge in [-0.3, -0.25) is 9.59 Å². The first-order valence-electron chi connectivity index (χ1n) is 7.73. The van der Waals surface area contributed by atoms with Gasteiger partial charge in [-0.1, -0.05) is 0 Å². The zero-order valence-corrected chi connectivity index (χ0v) is 14.1. The first-order chi connectivity index (χ1) is 11.7. The Kier molecular flexibility index (Phi) is 5.52. The van der Waals surface area contributed by atoms with Crippen molar-refractivity contribution in [1.82, 2.24) is 9.88 Å². The van der Waals surface area contributed by atoms with E-state index in [0.717, 1.165) is 12.1 Å². The number of carbonyl (C=O) groups is 1. The van der Waals surface area contributed by atoms with Crippen molar-refractivity contribution in [1.29, 1.82) is 0 Å². The zero-order chi connectivity index (χ0) is 18.8. The molecule has 8 heteroatoms. The van der Waals surface area contributed by atoms with E-state index in [-0.39, 0.29) is 23.6 Å². The van der Waals surface area contributed by atoms with Crippen LogP contribution >= 0.6 is 0 Å². The van der Waals surface area contributed by atoms with Crippen molar-refractivity contribution in [2.75, 3.05) is 13.7 Å². The van der Waals surface area contributed by atoms with Crippen LogP contribution in [0.3, 0.4) is 0 Å². The van der Waals surface area contributed by atoms with Gasteiger partial charge in [-0.2, -0.15) is 13.2 Å². The fraction of sp³-hybridized carbons (Fsp3) is 0.412. The van der Waals surface area contributed by atoms with E-state index in [2.05, 4.69) is 5.32 Å². The molecule has 2 rings (SSSR count). The Labute approximate surface area is 142 Å². The number of fused-ring (bicyclic) bond motifs is 1. The van der Waals surface area contributed by atoms with Crippen molar-refractivity contribution < 1.29 is 22.7 Å². The van der Waals surface area contributed by atoms with Gasteiger partial charge in [0.25, 0.3) is 5.91 Å². The average Bonchev–Trinajstić information content (AvgIpc) is 2.54. The predicted molar refractivity (Wildman–Crippen MR) is 87.7 cm³/mol. The topological polar surface area (TPSA) is 60.3 Å². The molecule has 0 bridgehead atoms. The fourth-order valence-corrected chi connectivity index (χ4v) is 2.59. The number of nitrogens with one attached hydrogen (secondary N) is 1. The van der Waals surface area contributed by atoms with Crippen LogP contribution in [-0.2, 0) is 17.5 Å². The highest BCUT2D eigenvalue weighted by atomic mass is 19.4. The molecule has 0 aliphatic heterocycles. The third kappa shape index (κ3) is 4.01. The minimum Gasteiger partial charge on any atom is -0.383 e. The lowest BCUT2D eigenvalue weighted by Crippen LogP contribution is -2.38. The third-order valence-electron chi connectivity index (χ3n) is 3.79. The summed E-state index contributed by atoms with van der Waals surface area (Å²) < 4.78 is 45.3. The minimum atomic E-state index is -4.57. The Morgan fingerprint density at radius 2 is 2.04 bits per heavy atom. The second-order valence-electron chi connectivity index (χ2n) is 5.72. The third-order valence-corrected chi connectivity index (χ3v) is 3.79. The summed E-state index contributed by atoms with van der Waals surface area (Å²) in [6.45, 7) is 4.12. The molecule has 0 fully saturated rings. The first kappa shape index (κ1) is 19.0. The molecule has 0 aliphatic rings. The first-order valence-corrected chi connectivity index (χ1v) is 7.73. The van der Waals surface area contributed by atoms with Crippen LogP contribution < -0.4 is 10.7 Å². The molecule has 0 radical (unpaired) electrons. The second-order valence-corrected chi connectivity index (χ2v) is 5.72. The number of hydrogen-bond donors (Lipinski definition) is 1. The Morgan fingerprint density at radius 3 is 2.60 bits per heavy atom. The molecular formula is C17H19F3N2O3. The number of methoxy groups -OCH3 is 1. The number of amides is 1. The number of alkyl halides is 3. The van der Waals surface area contributed by atoms with E-state index in [4.69, 9.17) is 4.74 Å². The molecule has 1 heterocycles. The quantitative estimate of drug-likeness (QED) is 0.896. The number of hydrogen-bond acceptors (Lipinski definition) is 3. The second kappa shape index (κ2) is 7.26. The van der Waals surface area contributed by atoms with Gasteiger partial charge in [-0.05, 0) is 32.0 Å². The Morgan fingerprint density at radius 1 is 1.36 bits per heavy atom. The lowest BCUT2D eigenvalue weighted by Gasteiger charge is -2.16. The molecule has 1 aromatic carbocycles. The summed E-state index contributed by atoms with van der Waals surface area (Å²) >= 11 is 0. The molecule has 1 atom stereocenters. The van der Waals surface area contributed by atoms with Crippen LogP contribution in [0, 0.1) is 0 Å². The van der Waals surface area contributed by atoms with Crippen LogP contribution in [0.1, 0.15) is 29.8 Å². The molecular weight excluding hydrogens is 337 g/mol. The molecule has 2 aromatic rings. The van der Waals surface area contributed by atoms with Crippen molar-refractivity contribution in [3.63, 3.8) is 0 Å². The maximum Gasteiger partial charge on any atom is 0.416 e. The number of nitrogens with zero attached hydrogens (tertiary/aromatic N) is 1. The van der Waals surface area contributed by atoms with E-state index in [9.17, 15) is 22.8 Å². The number of pyridine rings is 1. The molecule has 1 N–H and O–H groups in total. The smallest absolute Gasteiger partial charge is 0.383 e. The lowest BCUT2D eigenvalue weighted by molar-refractivity contribution is -0.137. The maximum absolute atomic E-state index is 12.9. The number of halogens is 3. The van der Waals surface area contributed by atoms with Crippen LogP contribution in [0.4, 0.5) is 13.2 Å². The van der Waals surface area contributed by atoms with Gasteiger partial charge in [0, 0.05) is 31.3 Å². The molecule has 0 saturated heterocycles. The molecule has 1 amide bonds. The Hall–Kier alpha value is -2.35. The van der Waals surface area contributed by atoms with Gasteiger partial charge in [0.15, 0.2) is 0 Å². The molecule has 136 valence electrons. The van der Waals surface area contributed by atoms with E-state index in [0.29, 0.717) is 12.1 Å². The Balaban J connectivity index is 2.60. The standard InChI is InChI=1S/C17H19F3N2O3/c1-4-22-8-13(16(24)21-10(2)9-25-3)15(23)12-7-11(17(18,19)20)5-6-14(12)22/h5-8,10H,4,9H2,1-3H3,(H,21,24)/t10-/m0/s1. The van der Waals surface area contributed by atoms with Crippen molar-refractivity contribution in [3.8, 4) is 0 Å². The minimum absolute atomic E-state index is 0.135. The fourth-order valence-electron chi connectivity index (χ4n) is 2.59.